The number of methoxy groups -OCH3 is 1. The molecule has 0 bridgehead atoms. The Morgan fingerprint density at radius 1 is 1.10 bits per heavy atom. The van der Waals surface area contributed by atoms with Crippen molar-refractivity contribution in [1.29, 1.82) is 0 Å². The number of halogens is 4. The molecule has 0 unspecified atom stereocenters. The second-order valence-electron chi connectivity index (χ2n) is 8.73. The van der Waals surface area contributed by atoms with Gasteiger partial charge in [0.05, 0.1) is 22.5 Å². The topological polar surface area (TPSA) is 128 Å². The van der Waals surface area contributed by atoms with Crippen LogP contribution in [0.25, 0.3) is 6.08 Å². The minimum Gasteiger partial charge on any atom is -0.493 e. The number of anilines is 1. The standard InChI is InChI=1S/C27H19ClF3N3O7S/c1-14-3-6-17(12-18(14)28)32-24(35)13-33-25(36)23(42-26(33)37)10-15-4-7-21(22(9-15)40-2)41-20-8-5-16(27(29,30)31)11-19(20)34(38)39/h3-12H,13H2,1-2H3,(H,32,35)/b23-10+. The van der Waals surface area contributed by atoms with E-state index < -0.39 is 51.7 Å². The van der Waals surface area contributed by atoms with Gasteiger partial charge < -0.3 is 14.8 Å². The van der Waals surface area contributed by atoms with Gasteiger partial charge in [-0.1, -0.05) is 23.7 Å². The first kappa shape index (κ1) is 30.4. The third-order valence-corrected chi connectivity index (χ3v) is 7.13. The van der Waals surface area contributed by atoms with Crippen LogP contribution in [0, 0.1) is 17.0 Å². The summed E-state index contributed by atoms with van der Waals surface area (Å²) in [6.07, 6.45) is -3.42. The lowest BCUT2D eigenvalue weighted by atomic mass is 10.1. The maximum atomic E-state index is 13.0. The van der Waals surface area contributed by atoms with Crippen LogP contribution in [0.15, 0.2) is 59.5 Å². The molecular formula is C27H19ClF3N3O7S. The average molecular weight is 622 g/mol. The minimum atomic E-state index is -4.79. The SMILES string of the molecule is COc1cc(/C=C2/SC(=O)N(CC(=O)Nc3ccc(C)c(Cl)c3)C2=O)ccc1Oc1ccc(C(F)(F)F)cc1[N+](=O)[O-]. The van der Waals surface area contributed by atoms with Crippen LogP contribution < -0.4 is 14.8 Å². The van der Waals surface area contributed by atoms with Crippen molar-refractivity contribution in [2.45, 2.75) is 13.1 Å². The Labute approximate surface area is 245 Å². The Morgan fingerprint density at radius 3 is 2.45 bits per heavy atom. The Morgan fingerprint density at radius 2 is 1.81 bits per heavy atom. The summed E-state index contributed by atoms with van der Waals surface area (Å²) in [6.45, 7) is 1.26. The van der Waals surface area contributed by atoms with E-state index in [0.717, 1.165) is 16.5 Å². The van der Waals surface area contributed by atoms with E-state index in [1.54, 1.807) is 25.1 Å². The van der Waals surface area contributed by atoms with Crippen molar-refractivity contribution in [1.82, 2.24) is 4.90 Å². The fraction of sp³-hybridized carbons (Fsp3) is 0.148. The molecule has 0 spiro atoms. The number of nitrogens with one attached hydrogen (secondary N) is 1. The first-order chi connectivity index (χ1) is 19.8. The summed E-state index contributed by atoms with van der Waals surface area (Å²) in [5.74, 6) is -1.79. The van der Waals surface area contributed by atoms with Crippen molar-refractivity contribution in [2.24, 2.45) is 0 Å². The monoisotopic (exact) mass is 621 g/mol. The fourth-order valence-corrected chi connectivity index (χ4v) is 4.72. The lowest BCUT2D eigenvalue weighted by molar-refractivity contribution is -0.385. The number of imide groups is 1. The molecule has 0 atom stereocenters. The summed E-state index contributed by atoms with van der Waals surface area (Å²) in [5, 5.41) is 13.7. The van der Waals surface area contributed by atoms with E-state index in [4.69, 9.17) is 21.1 Å². The van der Waals surface area contributed by atoms with Gasteiger partial charge in [0, 0.05) is 16.8 Å². The third kappa shape index (κ3) is 6.83. The minimum absolute atomic E-state index is 0.0141. The molecule has 3 aromatic rings. The van der Waals surface area contributed by atoms with Crippen LogP contribution in [0.4, 0.5) is 29.3 Å². The van der Waals surface area contributed by atoms with Crippen molar-refractivity contribution in [3.05, 3.63) is 91.3 Å². The lowest BCUT2D eigenvalue weighted by Gasteiger charge is -2.13. The van der Waals surface area contributed by atoms with Crippen molar-refractivity contribution in [2.75, 3.05) is 19.0 Å². The number of carbonyl (C=O) groups excluding carboxylic acids is 3. The Bertz CT molecular complexity index is 1650. The molecule has 1 aliphatic heterocycles. The predicted octanol–water partition coefficient (Wildman–Crippen LogP) is 7.05. The molecule has 42 heavy (non-hydrogen) atoms. The number of hydrogen-bond acceptors (Lipinski definition) is 8. The van der Waals surface area contributed by atoms with Gasteiger partial charge in [0.25, 0.3) is 11.1 Å². The Balaban J connectivity index is 1.51. The van der Waals surface area contributed by atoms with Crippen LogP contribution in [0.2, 0.25) is 5.02 Å². The number of ether oxygens (including phenoxy) is 2. The van der Waals surface area contributed by atoms with Gasteiger partial charge in [0.2, 0.25) is 11.7 Å². The zero-order valence-electron chi connectivity index (χ0n) is 21.7. The van der Waals surface area contributed by atoms with Gasteiger partial charge in [0.15, 0.2) is 11.5 Å². The number of nitro benzene ring substituents is 1. The van der Waals surface area contributed by atoms with E-state index in [-0.39, 0.29) is 16.4 Å². The smallest absolute Gasteiger partial charge is 0.416 e. The quantitative estimate of drug-likeness (QED) is 0.161. The van der Waals surface area contributed by atoms with Crippen LogP contribution in [-0.4, -0.2) is 40.5 Å². The lowest BCUT2D eigenvalue weighted by Crippen LogP contribution is -2.36. The average Bonchev–Trinajstić information content (AvgIpc) is 3.18. The van der Waals surface area contributed by atoms with E-state index in [9.17, 15) is 37.7 Å². The van der Waals surface area contributed by atoms with Gasteiger partial charge in [-0.3, -0.25) is 29.4 Å². The summed E-state index contributed by atoms with van der Waals surface area (Å²) in [5.41, 5.74) is -0.545. The number of aryl methyl sites for hydroxylation is 1. The van der Waals surface area contributed by atoms with Gasteiger partial charge >= 0.3 is 11.9 Å². The molecule has 3 amide bonds. The summed E-state index contributed by atoms with van der Waals surface area (Å²) in [4.78, 5) is 49.0. The number of benzene rings is 3. The second-order valence-corrected chi connectivity index (χ2v) is 10.1. The molecule has 0 saturated carbocycles. The molecule has 218 valence electrons. The highest BCUT2D eigenvalue weighted by Gasteiger charge is 2.36. The highest BCUT2D eigenvalue weighted by molar-refractivity contribution is 8.18. The molecule has 1 heterocycles. The Kier molecular flexibility index (Phi) is 8.78. The zero-order chi connectivity index (χ0) is 30.8. The van der Waals surface area contributed by atoms with Crippen LogP contribution in [-0.2, 0) is 15.8 Å². The normalized spacial score (nSPS) is 14.3. The number of amides is 3. The van der Waals surface area contributed by atoms with Crippen LogP contribution in [0.3, 0.4) is 0 Å². The van der Waals surface area contributed by atoms with E-state index >= 15 is 0 Å². The molecule has 1 aliphatic rings. The molecule has 4 rings (SSSR count). The maximum Gasteiger partial charge on any atom is 0.416 e. The van der Waals surface area contributed by atoms with E-state index in [0.29, 0.717) is 40.2 Å². The van der Waals surface area contributed by atoms with Crippen LogP contribution >= 0.6 is 23.4 Å². The third-order valence-electron chi connectivity index (χ3n) is 5.82. The number of thioether (sulfide) groups is 1. The molecule has 10 nitrogen and oxygen atoms in total. The summed E-state index contributed by atoms with van der Waals surface area (Å²) < 4.78 is 49.8. The molecule has 1 saturated heterocycles. The molecule has 0 aromatic heterocycles. The summed E-state index contributed by atoms with van der Waals surface area (Å²) >= 11 is 6.68. The van der Waals surface area contributed by atoms with Gasteiger partial charge in [-0.05, 0) is 72.3 Å². The highest BCUT2D eigenvalue weighted by Crippen LogP contribution is 2.41. The summed E-state index contributed by atoms with van der Waals surface area (Å²) in [6, 6.07) is 10.9. The van der Waals surface area contributed by atoms with Crippen molar-refractivity contribution in [3.63, 3.8) is 0 Å². The van der Waals surface area contributed by atoms with Gasteiger partial charge in [-0.2, -0.15) is 13.2 Å². The van der Waals surface area contributed by atoms with E-state index in [1.165, 1.54) is 31.4 Å². The largest absolute Gasteiger partial charge is 0.493 e. The summed E-state index contributed by atoms with van der Waals surface area (Å²) in [7, 11) is 1.26. The molecule has 3 aromatic carbocycles. The van der Waals surface area contributed by atoms with E-state index in [2.05, 4.69) is 5.32 Å². The molecular weight excluding hydrogens is 603 g/mol. The van der Waals surface area contributed by atoms with Crippen molar-refractivity contribution in [3.8, 4) is 17.2 Å². The zero-order valence-corrected chi connectivity index (χ0v) is 23.2. The number of nitrogens with zero attached hydrogens (tertiary/aromatic N) is 2. The first-order valence-electron chi connectivity index (χ1n) is 11.8. The Hall–Kier alpha value is -4.56. The number of carbonyl (C=O) groups is 3. The van der Waals surface area contributed by atoms with Gasteiger partial charge in [-0.15, -0.1) is 0 Å². The van der Waals surface area contributed by atoms with Gasteiger partial charge in [0.1, 0.15) is 6.54 Å². The van der Waals surface area contributed by atoms with Crippen LogP contribution in [0.5, 0.6) is 17.2 Å². The van der Waals surface area contributed by atoms with Crippen LogP contribution in [0.1, 0.15) is 16.7 Å². The van der Waals surface area contributed by atoms with Gasteiger partial charge in [-0.25, -0.2) is 0 Å². The number of hydrogen-bond donors (Lipinski definition) is 1. The van der Waals surface area contributed by atoms with Crippen molar-refractivity contribution >= 4 is 57.9 Å². The highest BCUT2D eigenvalue weighted by atomic mass is 35.5. The molecule has 1 N–H and O–H groups in total. The van der Waals surface area contributed by atoms with Crippen molar-refractivity contribution < 1.29 is 42.0 Å². The molecule has 15 heteroatoms. The molecule has 0 radical (unpaired) electrons. The first-order valence-corrected chi connectivity index (χ1v) is 13.0. The fourth-order valence-electron chi connectivity index (χ4n) is 3.70. The second kappa shape index (κ2) is 12.1. The number of nitro groups is 1. The molecule has 0 aliphatic carbocycles. The molecule has 1 fully saturated rings. The number of alkyl halides is 3. The van der Waals surface area contributed by atoms with E-state index in [1.807, 2.05) is 0 Å². The predicted molar refractivity (Wildman–Crippen MR) is 149 cm³/mol. The maximum absolute atomic E-state index is 13.0. The number of rotatable bonds is 8.